The van der Waals surface area contributed by atoms with Crippen molar-refractivity contribution >= 4 is 40.5 Å². The van der Waals surface area contributed by atoms with Crippen molar-refractivity contribution in [2.45, 2.75) is 57.8 Å². The molecule has 0 radical (unpaired) electrons. The Hall–Kier alpha value is -3.93. The lowest BCUT2D eigenvalue weighted by Crippen LogP contribution is -2.57. The van der Waals surface area contributed by atoms with Crippen molar-refractivity contribution < 1.29 is 29.1 Å². The highest BCUT2D eigenvalue weighted by atomic mass is 16.4. The molecule has 4 atom stereocenters. The maximum Gasteiger partial charge on any atom is 0.326 e. The molecule has 0 spiro atoms. The predicted octanol–water partition coefficient (Wildman–Crippen LogP) is -0.872. The number of hydrogen-bond acceptors (Lipinski definition) is 6. The highest BCUT2D eigenvalue weighted by Gasteiger charge is 2.30. The van der Waals surface area contributed by atoms with Gasteiger partial charge in [0.1, 0.15) is 18.1 Å². The van der Waals surface area contributed by atoms with E-state index in [0.29, 0.717) is 5.56 Å². The number of nitrogens with one attached hydrogen (secondary N) is 4. The van der Waals surface area contributed by atoms with E-state index < -0.39 is 60.2 Å². The number of carboxylic acid groups (broad SMARTS) is 1. The molecule has 0 bridgehead atoms. The van der Waals surface area contributed by atoms with Gasteiger partial charge < -0.3 is 37.5 Å². The van der Waals surface area contributed by atoms with E-state index in [1.807, 2.05) is 18.2 Å². The number of fused-ring (bicyclic) bond motifs is 1. The van der Waals surface area contributed by atoms with Crippen LogP contribution in [0.3, 0.4) is 0 Å². The predicted molar refractivity (Wildman–Crippen MR) is 128 cm³/mol. The molecular weight excluding hydrogens is 456 g/mol. The number of aromatic amines is 1. The summed E-state index contributed by atoms with van der Waals surface area (Å²) in [5, 5.41) is 17.6. The monoisotopic (exact) mass is 488 g/mol. The molecule has 0 fully saturated rings. The van der Waals surface area contributed by atoms with Crippen LogP contribution in [-0.2, 0) is 30.4 Å². The molecule has 2 aromatic rings. The molecule has 35 heavy (non-hydrogen) atoms. The van der Waals surface area contributed by atoms with E-state index in [1.165, 1.54) is 6.92 Å². The van der Waals surface area contributed by atoms with Crippen molar-refractivity contribution in [3.8, 4) is 0 Å². The van der Waals surface area contributed by atoms with Gasteiger partial charge in [0.2, 0.25) is 23.6 Å². The van der Waals surface area contributed by atoms with E-state index >= 15 is 0 Å². The first-order valence-electron chi connectivity index (χ1n) is 11.1. The highest BCUT2D eigenvalue weighted by molar-refractivity contribution is 5.96. The molecule has 0 saturated heterocycles. The third-order valence-electron chi connectivity index (χ3n) is 5.52. The van der Waals surface area contributed by atoms with E-state index in [2.05, 4.69) is 20.9 Å². The summed E-state index contributed by atoms with van der Waals surface area (Å²) in [4.78, 5) is 63.9. The van der Waals surface area contributed by atoms with Gasteiger partial charge in [0, 0.05) is 23.5 Å². The van der Waals surface area contributed by atoms with Crippen molar-refractivity contribution in [3.63, 3.8) is 0 Å². The average molecular weight is 489 g/mol. The van der Waals surface area contributed by atoms with E-state index in [1.54, 1.807) is 26.1 Å². The van der Waals surface area contributed by atoms with Crippen LogP contribution in [0.25, 0.3) is 10.9 Å². The number of primary amides is 1. The second-order valence-electron chi connectivity index (χ2n) is 8.69. The number of nitrogens with two attached hydrogens (primary N) is 2. The number of carboxylic acids is 1. The first-order valence-corrected chi connectivity index (χ1v) is 11.1. The van der Waals surface area contributed by atoms with Crippen LogP contribution in [0.2, 0.25) is 0 Å². The van der Waals surface area contributed by atoms with Crippen molar-refractivity contribution in [3.05, 3.63) is 36.0 Å². The van der Waals surface area contributed by atoms with Crippen molar-refractivity contribution in [2.75, 3.05) is 0 Å². The minimum absolute atomic E-state index is 0.0398. The standard InChI is InChI=1S/C23H32N6O6/c1-11(2)19(25)22(33)27-12(3)20(31)28-16(9-18(24)30)21(32)29-17(23(34)35)8-13-10-26-15-7-5-4-6-14(13)15/h4-7,10-12,16-17,19,26H,8-9,25H2,1-3H3,(H2,24,30)(H,27,33)(H,28,31)(H,29,32)(H,34,35). The van der Waals surface area contributed by atoms with Gasteiger partial charge in [-0.15, -0.1) is 0 Å². The molecule has 190 valence electrons. The van der Waals surface area contributed by atoms with Gasteiger partial charge in [-0.25, -0.2) is 4.79 Å². The first-order chi connectivity index (χ1) is 16.4. The van der Waals surface area contributed by atoms with Crippen LogP contribution >= 0.6 is 0 Å². The Bertz CT molecular complexity index is 1100. The zero-order valence-electron chi connectivity index (χ0n) is 19.8. The zero-order valence-corrected chi connectivity index (χ0v) is 19.8. The van der Waals surface area contributed by atoms with Gasteiger partial charge in [0.25, 0.3) is 0 Å². The molecule has 0 aliphatic rings. The molecular formula is C23H32N6O6. The van der Waals surface area contributed by atoms with Gasteiger partial charge >= 0.3 is 5.97 Å². The molecule has 2 rings (SSSR count). The third-order valence-corrected chi connectivity index (χ3v) is 5.52. The summed E-state index contributed by atoms with van der Waals surface area (Å²) >= 11 is 0. The summed E-state index contributed by atoms with van der Waals surface area (Å²) in [6, 6.07) is 2.60. The molecule has 12 nitrogen and oxygen atoms in total. The maximum atomic E-state index is 12.9. The van der Waals surface area contributed by atoms with E-state index in [-0.39, 0.29) is 12.3 Å². The number of benzene rings is 1. The van der Waals surface area contributed by atoms with Gasteiger partial charge in [0.15, 0.2) is 0 Å². The van der Waals surface area contributed by atoms with Crippen LogP contribution in [0.1, 0.15) is 32.8 Å². The van der Waals surface area contributed by atoms with Crippen LogP contribution in [0.15, 0.2) is 30.5 Å². The fourth-order valence-electron chi connectivity index (χ4n) is 3.38. The summed E-state index contributed by atoms with van der Waals surface area (Å²) in [5.74, 6) is -4.56. The highest BCUT2D eigenvalue weighted by Crippen LogP contribution is 2.19. The molecule has 9 N–H and O–H groups in total. The molecule has 4 amide bonds. The topological polar surface area (TPSA) is 209 Å². The summed E-state index contributed by atoms with van der Waals surface area (Å²) in [5.41, 5.74) is 12.5. The Labute approximate surface area is 202 Å². The molecule has 4 unspecified atom stereocenters. The number of rotatable bonds is 12. The Morgan fingerprint density at radius 1 is 0.943 bits per heavy atom. The summed E-state index contributed by atoms with van der Waals surface area (Å²) in [6.07, 6.45) is 1.05. The Morgan fingerprint density at radius 3 is 2.17 bits per heavy atom. The Morgan fingerprint density at radius 2 is 1.57 bits per heavy atom. The smallest absolute Gasteiger partial charge is 0.326 e. The molecule has 0 aliphatic heterocycles. The molecule has 12 heteroatoms. The van der Waals surface area contributed by atoms with Crippen LogP contribution in [-0.4, -0.2) is 63.9 Å². The largest absolute Gasteiger partial charge is 0.480 e. The van der Waals surface area contributed by atoms with E-state index in [9.17, 15) is 29.1 Å². The average Bonchev–Trinajstić information content (AvgIpc) is 3.19. The Balaban J connectivity index is 2.10. The minimum Gasteiger partial charge on any atom is -0.480 e. The van der Waals surface area contributed by atoms with E-state index in [0.717, 1.165) is 10.9 Å². The summed E-state index contributed by atoms with van der Waals surface area (Å²) in [6.45, 7) is 4.88. The van der Waals surface area contributed by atoms with Gasteiger partial charge in [-0.2, -0.15) is 0 Å². The minimum atomic E-state index is -1.44. The van der Waals surface area contributed by atoms with Crippen LogP contribution in [0.4, 0.5) is 0 Å². The number of H-pyrrole nitrogens is 1. The van der Waals surface area contributed by atoms with E-state index in [4.69, 9.17) is 11.5 Å². The number of amides is 4. The molecule has 1 aromatic heterocycles. The number of aliphatic carboxylic acids is 1. The van der Waals surface area contributed by atoms with Crippen LogP contribution < -0.4 is 27.4 Å². The van der Waals surface area contributed by atoms with Gasteiger partial charge in [-0.05, 0) is 24.5 Å². The lowest BCUT2D eigenvalue weighted by molar-refractivity contribution is -0.142. The lowest BCUT2D eigenvalue weighted by atomic mass is 10.0. The van der Waals surface area contributed by atoms with Crippen molar-refractivity contribution in [1.29, 1.82) is 0 Å². The molecule has 0 saturated carbocycles. The van der Waals surface area contributed by atoms with Crippen molar-refractivity contribution in [2.24, 2.45) is 17.4 Å². The second kappa shape index (κ2) is 12.0. The normalized spacial score (nSPS) is 14.5. The summed E-state index contributed by atoms with van der Waals surface area (Å²) < 4.78 is 0. The summed E-state index contributed by atoms with van der Waals surface area (Å²) in [7, 11) is 0. The van der Waals surface area contributed by atoms with Crippen LogP contribution in [0.5, 0.6) is 0 Å². The fraction of sp³-hybridized carbons (Fsp3) is 0.435. The third kappa shape index (κ3) is 7.54. The number of carbonyl (C=O) groups excluding carboxylic acids is 4. The van der Waals surface area contributed by atoms with Gasteiger partial charge in [0.05, 0.1) is 12.5 Å². The number of aromatic nitrogens is 1. The Kier molecular flexibility index (Phi) is 9.34. The van der Waals surface area contributed by atoms with Crippen molar-refractivity contribution in [1.82, 2.24) is 20.9 Å². The second-order valence-corrected chi connectivity index (χ2v) is 8.69. The SMILES string of the molecule is CC(NC(=O)C(N)C(C)C)C(=O)NC(CC(N)=O)C(=O)NC(Cc1c[nH]c2ccccc12)C(=O)O. The van der Waals surface area contributed by atoms with Crippen LogP contribution in [0, 0.1) is 5.92 Å². The quantitative estimate of drug-likeness (QED) is 0.200. The fourth-order valence-corrected chi connectivity index (χ4v) is 3.38. The number of para-hydroxylation sites is 1. The first kappa shape index (κ1) is 27.3. The number of carbonyl (C=O) groups is 5. The molecule has 0 aliphatic carbocycles. The van der Waals surface area contributed by atoms with Gasteiger partial charge in [-0.3, -0.25) is 19.2 Å². The lowest BCUT2D eigenvalue weighted by Gasteiger charge is -2.23. The van der Waals surface area contributed by atoms with Gasteiger partial charge in [-0.1, -0.05) is 32.0 Å². The molecule has 1 aromatic carbocycles. The molecule has 1 heterocycles. The maximum absolute atomic E-state index is 12.9. The zero-order chi connectivity index (χ0) is 26.3. The number of hydrogen-bond donors (Lipinski definition) is 7.